The van der Waals surface area contributed by atoms with Gasteiger partial charge in [-0.15, -0.1) is 0 Å². The number of anilines is 3. The van der Waals surface area contributed by atoms with Crippen molar-refractivity contribution in [3.8, 4) is 0 Å². The Morgan fingerprint density at radius 3 is 2.62 bits per heavy atom. The van der Waals surface area contributed by atoms with E-state index in [1.807, 2.05) is 42.5 Å². The van der Waals surface area contributed by atoms with Gasteiger partial charge >= 0.3 is 0 Å². The number of nitrogens with zero attached hydrogens (tertiary/aromatic N) is 2. The maximum atomic E-state index is 5.10. The number of nitrogens with one attached hydrogen (secondary N) is 2. The van der Waals surface area contributed by atoms with E-state index in [2.05, 4.69) is 33.6 Å². The van der Waals surface area contributed by atoms with Crippen molar-refractivity contribution >= 4 is 28.4 Å². The molecule has 0 bridgehead atoms. The van der Waals surface area contributed by atoms with Crippen molar-refractivity contribution in [2.24, 2.45) is 0 Å². The van der Waals surface area contributed by atoms with E-state index in [4.69, 9.17) is 4.74 Å². The average Bonchev–Trinajstić information content (AvgIpc) is 2.60. The van der Waals surface area contributed by atoms with E-state index in [-0.39, 0.29) is 0 Å². The third-order valence-electron chi connectivity index (χ3n) is 3.81. The quantitative estimate of drug-likeness (QED) is 0.641. The minimum atomic E-state index is 0.595. The number of benzene rings is 2. The summed E-state index contributed by atoms with van der Waals surface area (Å²) in [6.45, 7) is 3.59. The van der Waals surface area contributed by atoms with Gasteiger partial charge in [-0.05, 0) is 37.1 Å². The largest absolute Gasteiger partial charge is 0.385 e. The molecule has 1 heterocycles. The lowest BCUT2D eigenvalue weighted by Crippen LogP contribution is -2.08. The van der Waals surface area contributed by atoms with Gasteiger partial charge in [0.2, 0.25) is 5.95 Å². The lowest BCUT2D eigenvalue weighted by Gasteiger charge is -2.12. The van der Waals surface area contributed by atoms with Crippen LogP contribution in [0, 0.1) is 6.92 Å². The molecular formula is C19H22N4O. The predicted molar refractivity (Wildman–Crippen MR) is 99.0 cm³/mol. The van der Waals surface area contributed by atoms with E-state index >= 15 is 0 Å². The molecule has 2 aromatic carbocycles. The monoisotopic (exact) mass is 322 g/mol. The van der Waals surface area contributed by atoms with Crippen LogP contribution in [-0.4, -0.2) is 30.2 Å². The number of hydrogen-bond acceptors (Lipinski definition) is 5. The molecule has 24 heavy (non-hydrogen) atoms. The summed E-state index contributed by atoms with van der Waals surface area (Å²) in [6.07, 6.45) is 0.926. The van der Waals surface area contributed by atoms with Crippen molar-refractivity contribution in [3.63, 3.8) is 0 Å². The summed E-state index contributed by atoms with van der Waals surface area (Å²) in [5.41, 5.74) is 3.08. The molecule has 0 saturated carbocycles. The average molecular weight is 322 g/mol. The van der Waals surface area contributed by atoms with E-state index in [1.165, 1.54) is 0 Å². The highest BCUT2D eigenvalue weighted by molar-refractivity contribution is 5.90. The second-order valence-electron chi connectivity index (χ2n) is 5.63. The van der Waals surface area contributed by atoms with Crippen LogP contribution in [0.1, 0.15) is 12.0 Å². The molecule has 3 rings (SSSR count). The molecule has 0 aliphatic heterocycles. The zero-order valence-corrected chi connectivity index (χ0v) is 14.0. The first-order valence-corrected chi connectivity index (χ1v) is 8.10. The summed E-state index contributed by atoms with van der Waals surface area (Å²) in [5, 5.41) is 7.73. The Labute approximate surface area is 142 Å². The van der Waals surface area contributed by atoms with Crippen LogP contribution in [0.3, 0.4) is 0 Å². The normalized spacial score (nSPS) is 10.8. The fourth-order valence-electron chi connectivity index (χ4n) is 2.52. The molecule has 0 aliphatic carbocycles. The first kappa shape index (κ1) is 16.2. The van der Waals surface area contributed by atoms with Crippen molar-refractivity contribution in [1.29, 1.82) is 0 Å². The Balaban J connectivity index is 1.89. The van der Waals surface area contributed by atoms with Gasteiger partial charge in [-0.3, -0.25) is 0 Å². The Hall–Kier alpha value is -2.66. The van der Waals surface area contributed by atoms with Gasteiger partial charge in [-0.1, -0.05) is 30.3 Å². The summed E-state index contributed by atoms with van der Waals surface area (Å²) in [7, 11) is 1.71. The number of aryl methyl sites for hydroxylation is 1. The molecule has 0 unspecified atom stereocenters. The molecule has 3 aromatic rings. The van der Waals surface area contributed by atoms with Crippen LogP contribution in [0.25, 0.3) is 10.9 Å². The number of methoxy groups -OCH3 is 1. The van der Waals surface area contributed by atoms with Crippen LogP contribution in [0.5, 0.6) is 0 Å². The van der Waals surface area contributed by atoms with Crippen LogP contribution in [0.4, 0.5) is 17.5 Å². The second-order valence-corrected chi connectivity index (χ2v) is 5.63. The maximum Gasteiger partial charge on any atom is 0.229 e. The van der Waals surface area contributed by atoms with Gasteiger partial charge in [0.1, 0.15) is 5.82 Å². The Morgan fingerprint density at radius 1 is 1.00 bits per heavy atom. The molecule has 0 saturated heterocycles. The molecular weight excluding hydrogens is 300 g/mol. The van der Waals surface area contributed by atoms with Crippen LogP contribution in [0.15, 0.2) is 48.5 Å². The van der Waals surface area contributed by atoms with Gasteiger partial charge in [-0.25, -0.2) is 4.98 Å². The van der Waals surface area contributed by atoms with Crippen molar-refractivity contribution in [2.45, 2.75) is 13.3 Å². The van der Waals surface area contributed by atoms with E-state index in [9.17, 15) is 0 Å². The van der Waals surface area contributed by atoms with E-state index < -0.39 is 0 Å². The zero-order chi connectivity index (χ0) is 16.8. The van der Waals surface area contributed by atoms with Crippen LogP contribution in [-0.2, 0) is 4.74 Å². The fourth-order valence-corrected chi connectivity index (χ4v) is 2.52. The summed E-state index contributed by atoms with van der Waals surface area (Å²) in [6, 6.07) is 16.1. The highest BCUT2D eigenvalue weighted by Crippen LogP contribution is 2.24. The van der Waals surface area contributed by atoms with Gasteiger partial charge in [0.15, 0.2) is 0 Å². The molecule has 0 amide bonds. The lowest BCUT2D eigenvalue weighted by molar-refractivity contribution is 0.198. The number of para-hydroxylation sites is 2. The number of rotatable bonds is 7. The molecule has 0 spiro atoms. The summed E-state index contributed by atoms with van der Waals surface area (Å²) in [4.78, 5) is 9.29. The lowest BCUT2D eigenvalue weighted by atomic mass is 10.2. The van der Waals surface area contributed by atoms with E-state index in [0.717, 1.165) is 47.5 Å². The number of fused-ring (bicyclic) bond motifs is 1. The van der Waals surface area contributed by atoms with Crippen LogP contribution >= 0.6 is 0 Å². The van der Waals surface area contributed by atoms with Crippen LogP contribution in [0.2, 0.25) is 0 Å². The van der Waals surface area contributed by atoms with Gasteiger partial charge < -0.3 is 15.4 Å². The second kappa shape index (κ2) is 7.75. The highest BCUT2D eigenvalue weighted by atomic mass is 16.5. The van der Waals surface area contributed by atoms with Crippen molar-refractivity contribution in [3.05, 3.63) is 54.1 Å². The molecule has 0 fully saturated rings. The van der Waals surface area contributed by atoms with Gasteiger partial charge in [-0.2, -0.15) is 4.98 Å². The van der Waals surface area contributed by atoms with Crippen molar-refractivity contribution in [2.75, 3.05) is 30.9 Å². The van der Waals surface area contributed by atoms with Crippen molar-refractivity contribution in [1.82, 2.24) is 9.97 Å². The molecule has 0 aliphatic rings. The molecule has 0 atom stereocenters. The zero-order valence-electron chi connectivity index (χ0n) is 14.0. The molecule has 124 valence electrons. The Bertz CT molecular complexity index is 819. The Morgan fingerprint density at radius 2 is 1.79 bits per heavy atom. The molecule has 5 nitrogen and oxygen atoms in total. The minimum Gasteiger partial charge on any atom is -0.385 e. The first-order valence-electron chi connectivity index (χ1n) is 8.10. The summed E-state index contributed by atoms with van der Waals surface area (Å²) >= 11 is 0. The third-order valence-corrected chi connectivity index (χ3v) is 3.81. The molecule has 1 aromatic heterocycles. The minimum absolute atomic E-state index is 0.595. The molecule has 2 N–H and O–H groups in total. The number of hydrogen-bond donors (Lipinski definition) is 2. The summed E-state index contributed by atoms with van der Waals surface area (Å²) < 4.78 is 5.10. The van der Waals surface area contributed by atoms with Crippen LogP contribution < -0.4 is 10.6 Å². The maximum absolute atomic E-state index is 5.10. The number of ether oxygens (including phenoxy) is 1. The Kier molecular flexibility index (Phi) is 5.23. The van der Waals surface area contributed by atoms with E-state index in [0.29, 0.717) is 5.95 Å². The smallest absolute Gasteiger partial charge is 0.229 e. The van der Waals surface area contributed by atoms with Crippen molar-refractivity contribution < 1.29 is 4.74 Å². The standard InChI is InChI=1S/C19H22N4O/c1-14-8-3-5-10-16(14)21-19-22-17-11-6-4-9-15(17)18(23-19)20-12-7-13-24-2/h3-6,8-11H,7,12-13H2,1-2H3,(H2,20,21,22,23). The molecule has 0 radical (unpaired) electrons. The van der Waals surface area contributed by atoms with Gasteiger partial charge in [0.25, 0.3) is 0 Å². The predicted octanol–water partition coefficient (Wildman–Crippen LogP) is 4.13. The number of aromatic nitrogens is 2. The van der Waals surface area contributed by atoms with E-state index in [1.54, 1.807) is 7.11 Å². The third kappa shape index (κ3) is 3.81. The first-order chi connectivity index (χ1) is 11.8. The summed E-state index contributed by atoms with van der Waals surface area (Å²) in [5.74, 6) is 1.44. The topological polar surface area (TPSA) is 59.1 Å². The fraction of sp³-hybridized carbons (Fsp3) is 0.263. The highest BCUT2D eigenvalue weighted by Gasteiger charge is 2.08. The SMILES string of the molecule is COCCCNc1nc(Nc2ccccc2C)nc2ccccc12. The van der Waals surface area contributed by atoms with Gasteiger partial charge in [0.05, 0.1) is 5.52 Å². The van der Waals surface area contributed by atoms with Gasteiger partial charge in [0, 0.05) is 31.3 Å². The molecule has 5 heteroatoms.